The van der Waals surface area contributed by atoms with Crippen LogP contribution in [-0.2, 0) is 9.53 Å². The summed E-state index contributed by atoms with van der Waals surface area (Å²) in [5.41, 5.74) is 6.87. The number of nitrogens with zero attached hydrogens (tertiary/aromatic N) is 1. The van der Waals surface area contributed by atoms with Crippen molar-refractivity contribution in [3.63, 3.8) is 0 Å². The van der Waals surface area contributed by atoms with Crippen LogP contribution in [0, 0.1) is 0 Å². The molecule has 0 fully saturated rings. The van der Waals surface area contributed by atoms with Crippen molar-refractivity contribution in [1.82, 2.24) is 0 Å². The minimum Gasteiger partial charge on any atom is -0.462 e. The third kappa shape index (κ3) is 3.00. The molecule has 0 aromatic heterocycles. The van der Waals surface area contributed by atoms with Gasteiger partial charge in [-0.25, -0.2) is 4.79 Å². The van der Waals surface area contributed by atoms with Gasteiger partial charge in [-0.1, -0.05) is 30.3 Å². The molecule has 0 spiro atoms. The summed E-state index contributed by atoms with van der Waals surface area (Å²) in [6.45, 7) is 1.96. The van der Waals surface area contributed by atoms with Crippen LogP contribution in [-0.4, -0.2) is 35.7 Å². The minimum absolute atomic E-state index is 0.159. The molecule has 2 N–H and O–H groups in total. The van der Waals surface area contributed by atoms with Gasteiger partial charge >= 0.3 is 5.97 Å². The summed E-state index contributed by atoms with van der Waals surface area (Å²) in [5, 5.41) is 0.445. The van der Waals surface area contributed by atoms with Crippen molar-refractivity contribution in [2.75, 3.05) is 12.9 Å². The van der Waals surface area contributed by atoms with Gasteiger partial charge in [-0.2, -0.15) is 0 Å². The molecule has 0 saturated carbocycles. The molecule has 2 rings (SSSR count). The van der Waals surface area contributed by atoms with Crippen molar-refractivity contribution in [1.29, 1.82) is 0 Å². The van der Waals surface area contributed by atoms with Crippen LogP contribution in [0.1, 0.15) is 17.3 Å². The Hall–Kier alpha value is -2.08. The molecule has 21 heavy (non-hydrogen) atoms. The predicted octanol–water partition coefficient (Wildman–Crippen LogP) is 1.79. The van der Waals surface area contributed by atoms with Crippen molar-refractivity contribution in [2.24, 2.45) is 10.7 Å². The molecule has 1 aromatic carbocycles. The van der Waals surface area contributed by atoms with Crippen LogP contribution in [0.2, 0.25) is 0 Å². The quantitative estimate of drug-likeness (QED) is 0.677. The molecule has 1 atom stereocenters. The number of ketones is 1. The average molecular weight is 304 g/mol. The smallest absolute Gasteiger partial charge is 0.342 e. The fraction of sp³-hybridized carbons (Fsp3) is 0.267. The second kappa shape index (κ2) is 6.58. The Bertz CT molecular complexity index is 623. The lowest BCUT2D eigenvalue weighted by atomic mass is 10.0. The van der Waals surface area contributed by atoms with E-state index in [1.54, 1.807) is 37.4 Å². The van der Waals surface area contributed by atoms with Crippen molar-refractivity contribution >= 4 is 28.6 Å². The number of esters is 1. The topological polar surface area (TPSA) is 81.8 Å². The normalized spacial score (nSPS) is 17.6. The molecule has 1 aromatic rings. The van der Waals surface area contributed by atoms with E-state index in [-0.39, 0.29) is 23.7 Å². The maximum atomic E-state index is 12.5. The van der Waals surface area contributed by atoms with E-state index in [0.29, 0.717) is 10.6 Å². The Balaban J connectivity index is 2.36. The number of hydrogen-bond donors (Lipinski definition) is 1. The number of carbonyl (C=O) groups is 2. The van der Waals surface area contributed by atoms with Gasteiger partial charge in [-0.3, -0.25) is 9.79 Å². The maximum Gasteiger partial charge on any atom is 0.342 e. The van der Waals surface area contributed by atoms with Gasteiger partial charge in [-0.15, -0.1) is 11.8 Å². The van der Waals surface area contributed by atoms with Crippen LogP contribution in [0.4, 0.5) is 0 Å². The molecule has 1 aliphatic heterocycles. The Kier molecular flexibility index (Phi) is 4.80. The number of ether oxygens (including phenoxy) is 1. The summed E-state index contributed by atoms with van der Waals surface area (Å²) >= 11 is 1.27. The molecule has 1 heterocycles. The van der Waals surface area contributed by atoms with E-state index in [4.69, 9.17) is 10.5 Å². The first kappa shape index (κ1) is 15.3. The molecule has 0 radical (unpaired) electrons. The highest BCUT2D eigenvalue weighted by atomic mass is 32.2. The number of Topliss-reactive ketones (excluding diaryl/α,β-unsaturated/α-hetero) is 1. The van der Waals surface area contributed by atoms with Crippen LogP contribution in [0.15, 0.2) is 46.6 Å². The molecule has 0 aliphatic carbocycles. The maximum absolute atomic E-state index is 12.5. The fourth-order valence-corrected chi connectivity index (χ4v) is 2.65. The van der Waals surface area contributed by atoms with Gasteiger partial charge in [0.2, 0.25) is 0 Å². The Morgan fingerprint density at radius 1 is 1.33 bits per heavy atom. The second-order valence-electron chi connectivity index (χ2n) is 4.32. The van der Waals surface area contributed by atoms with Crippen LogP contribution in [0.5, 0.6) is 0 Å². The third-order valence-corrected chi connectivity index (χ3v) is 3.72. The van der Waals surface area contributed by atoms with E-state index in [2.05, 4.69) is 4.99 Å². The molecule has 0 amide bonds. The molecular weight excluding hydrogens is 288 g/mol. The summed E-state index contributed by atoms with van der Waals surface area (Å²) in [5.74, 6) is -0.759. The first-order valence-electron chi connectivity index (χ1n) is 6.48. The highest BCUT2D eigenvalue weighted by Crippen LogP contribution is 2.27. The molecule has 0 bridgehead atoms. The van der Waals surface area contributed by atoms with Crippen LogP contribution in [0.25, 0.3) is 0 Å². The standard InChI is InChI=1S/C15H16N2O3S/c1-3-20-15(19)10-11(16)12(17-14(10)21-2)13(18)9-7-5-4-6-8-9/h4-8,12H,3,16H2,1-2H3/t12-/m1/s1. The number of aliphatic imine (C=N–C) groups is 1. The average Bonchev–Trinajstić information content (AvgIpc) is 2.84. The van der Waals surface area contributed by atoms with Gasteiger partial charge in [0.25, 0.3) is 0 Å². The molecule has 6 heteroatoms. The van der Waals surface area contributed by atoms with E-state index in [9.17, 15) is 9.59 Å². The van der Waals surface area contributed by atoms with Crippen molar-refractivity contribution in [2.45, 2.75) is 13.0 Å². The van der Waals surface area contributed by atoms with Gasteiger partial charge in [0.05, 0.1) is 12.3 Å². The summed E-state index contributed by atoms with van der Waals surface area (Å²) in [7, 11) is 0. The molecule has 1 aliphatic rings. The zero-order valence-corrected chi connectivity index (χ0v) is 12.6. The highest BCUT2D eigenvalue weighted by molar-refractivity contribution is 8.14. The Morgan fingerprint density at radius 2 is 2.00 bits per heavy atom. The van der Waals surface area contributed by atoms with Crippen molar-refractivity contribution in [3.8, 4) is 0 Å². The number of carbonyl (C=O) groups excluding carboxylic acids is 2. The SMILES string of the molecule is CCOC(=O)C1=C(N)[C@H](C(=O)c2ccccc2)N=C1SC. The van der Waals surface area contributed by atoms with Gasteiger partial charge in [0.1, 0.15) is 10.6 Å². The first-order chi connectivity index (χ1) is 10.1. The second-order valence-corrected chi connectivity index (χ2v) is 5.12. The molecule has 5 nitrogen and oxygen atoms in total. The number of benzene rings is 1. The van der Waals surface area contributed by atoms with Gasteiger partial charge in [0, 0.05) is 5.56 Å². The monoisotopic (exact) mass is 304 g/mol. The van der Waals surface area contributed by atoms with Gasteiger partial charge in [-0.05, 0) is 13.2 Å². The van der Waals surface area contributed by atoms with E-state index in [1.807, 2.05) is 6.07 Å². The van der Waals surface area contributed by atoms with Crippen molar-refractivity contribution < 1.29 is 14.3 Å². The number of hydrogen-bond acceptors (Lipinski definition) is 6. The van der Waals surface area contributed by atoms with Gasteiger partial charge in [0.15, 0.2) is 11.8 Å². The zero-order valence-electron chi connectivity index (χ0n) is 11.8. The Labute approximate surface area is 127 Å². The van der Waals surface area contributed by atoms with Crippen LogP contribution in [0.3, 0.4) is 0 Å². The summed E-state index contributed by atoms with van der Waals surface area (Å²) in [4.78, 5) is 28.7. The van der Waals surface area contributed by atoms with E-state index in [0.717, 1.165) is 0 Å². The van der Waals surface area contributed by atoms with E-state index < -0.39 is 12.0 Å². The minimum atomic E-state index is -0.853. The molecule has 0 saturated heterocycles. The zero-order chi connectivity index (χ0) is 15.4. The number of thioether (sulfide) groups is 1. The Morgan fingerprint density at radius 3 is 2.57 bits per heavy atom. The predicted molar refractivity (Wildman–Crippen MR) is 83.4 cm³/mol. The van der Waals surface area contributed by atoms with E-state index in [1.165, 1.54) is 11.8 Å². The van der Waals surface area contributed by atoms with Crippen molar-refractivity contribution in [3.05, 3.63) is 47.2 Å². The summed E-state index contributed by atoms with van der Waals surface area (Å²) in [6, 6.07) is 7.92. The summed E-state index contributed by atoms with van der Waals surface area (Å²) in [6.07, 6.45) is 1.78. The number of nitrogens with two attached hydrogens (primary N) is 1. The lowest BCUT2D eigenvalue weighted by Crippen LogP contribution is -2.25. The lowest BCUT2D eigenvalue weighted by Gasteiger charge is -2.08. The van der Waals surface area contributed by atoms with Gasteiger partial charge < -0.3 is 10.5 Å². The van der Waals surface area contributed by atoms with Crippen LogP contribution >= 0.6 is 11.8 Å². The molecule has 110 valence electrons. The largest absolute Gasteiger partial charge is 0.462 e. The first-order valence-corrected chi connectivity index (χ1v) is 7.70. The highest BCUT2D eigenvalue weighted by Gasteiger charge is 2.35. The number of rotatable bonds is 4. The van der Waals surface area contributed by atoms with Crippen LogP contribution < -0.4 is 5.73 Å². The molecular formula is C15H16N2O3S. The summed E-state index contributed by atoms with van der Waals surface area (Å²) < 4.78 is 4.98. The third-order valence-electron chi connectivity index (χ3n) is 3.02. The molecule has 0 unspecified atom stereocenters. The fourth-order valence-electron chi connectivity index (χ4n) is 2.03. The van der Waals surface area contributed by atoms with E-state index >= 15 is 0 Å². The lowest BCUT2D eigenvalue weighted by molar-refractivity contribution is -0.137.